The van der Waals surface area contributed by atoms with Gasteiger partial charge in [0.1, 0.15) is 5.78 Å². The SMILES string of the molecule is CC(=O)CC(=O)N(Cc1ccsc1)C1CC1. The van der Waals surface area contributed by atoms with E-state index in [1.807, 2.05) is 16.3 Å². The van der Waals surface area contributed by atoms with Gasteiger partial charge in [0, 0.05) is 12.6 Å². The van der Waals surface area contributed by atoms with Gasteiger partial charge in [-0.2, -0.15) is 11.3 Å². The third-order valence-corrected chi connectivity index (χ3v) is 3.37. The van der Waals surface area contributed by atoms with Crippen LogP contribution >= 0.6 is 11.3 Å². The molecule has 0 spiro atoms. The highest BCUT2D eigenvalue weighted by Crippen LogP contribution is 2.29. The largest absolute Gasteiger partial charge is 0.335 e. The smallest absolute Gasteiger partial charge is 0.230 e. The lowest BCUT2D eigenvalue weighted by atomic mass is 10.2. The summed E-state index contributed by atoms with van der Waals surface area (Å²) in [5.41, 5.74) is 1.16. The number of rotatable bonds is 5. The van der Waals surface area contributed by atoms with Crippen LogP contribution in [0.1, 0.15) is 31.7 Å². The van der Waals surface area contributed by atoms with Crippen LogP contribution in [0.5, 0.6) is 0 Å². The van der Waals surface area contributed by atoms with Gasteiger partial charge in [-0.1, -0.05) is 0 Å². The van der Waals surface area contributed by atoms with Crippen LogP contribution in [0.25, 0.3) is 0 Å². The molecule has 1 heterocycles. The summed E-state index contributed by atoms with van der Waals surface area (Å²) in [7, 11) is 0. The summed E-state index contributed by atoms with van der Waals surface area (Å²) in [6, 6.07) is 2.40. The first-order chi connectivity index (χ1) is 7.66. The monoisotopic (exact) mass is 237 g/mol. The van der Waals surface area contributed by atoms with Gasteiger partial charge in [-0.05, 0) is 42.2 Å². The Morgan fingerprint density at radius 2 is 2.25 bits per heavy atom. The van der Waals surface area contributed by atoms with E-state index >= 15 is 0 Å². The van der Waals surface area contributed by atoms with Crippen LogP contribution in [0.4, 0.5) is 0 Å². The van der Waals surface area contributed by atoms with Crippen molar-refractivity contribution in [2.45, 2.75) is 38.8 Å². The zero-order valence-electron chi connectivity index (χ0n) is 9.31. The fourth-order valence-electron chi connectivity index (χ4n) is 1.70. The molecule has 1 aliphatic carbocycles. The molecule has 1 aliphatic rings. The molecule has 16 heavy (non-hydrogen) atoms. The van der Waals surface area contributed by atoms with Gasteiger partial charge < -0.3 is 4.90 Å². The van der Waals surface area contributed by atoms with E-state index in [4.69, 9.17) is 0 Å². The summed E-state index contributed by atoms with van der Waals surface area (Å²) in [6.07, 6.45) is 2.20. The van der Waals surface area contributed by atoms with Crippen molar-refractivity contribution in [1.82, 2.24) is 4.90 Å². The average molecular weight is 237 g/mol. The molecule has 1 fully saturated rings. The van der Waals surface area contributed by atoms with Crippen molar-refractivity contribution in [2.75, 3.05) is 0 Å². The second kappa shape index (κ2) is 4.78. The molecule has 0 bridgehead atoms. The number of hydrogen-bond acceptors (Lipinski definition) is 3. The standard InChI is InChI=1S/C12H15NO2S/c1-9(14)6-12(15)13(11-2-3-11)7-10-4-5-16-8-10/h4-5,8,11H,2-3,6-7H2,1H3. The van der Waals surface area contributed by atoms with Gasteiger partial charge in [-0.25, -0.2) is 0 Å². The molecule has 1 aromatic heterocycles. The minimum Gasteiger partial charge on any atom is -0.335 e. The number of carbonyl (C=O) groups excluding carboxylic acids is 2. The Labute approximate surface area is 99.1 Å². The molecule has 0 radical (unpaired) electrons. The van der Waals surface area contributed by atoms with Crippen molar-refractivity contribution in [3.63, 3.8) is 0 Å². The van der Waals surface area contributed by atoms with Crippen molar-refractivity contribution in [2.24, 2.45) is 0 Å². The van der Waals surface area contributed by atoms with Crippen LogP contribution in [-0.2, 0) is 16.1 Å². The Morgan fingerprint density at radius 3 is 2.75 bits per heavy atom. The van der Waals surface area contributed by atoms with E-state index in [-0.39, 0.29) is 18.1 Å². The number of hydrogen-bond donors (Lipinski definition) is 0. The number of thiophene rings is 1. The second-order valence-electron chi connectivity index (χ2n) is 4.26. The second-order valence-corrected chi connectivity index (χ2v) is 5.04. The van der Waals surface area contributed by atoms with Crippen molar-refractivity contribution in [3.8, 4) is 0 Å². The van der Waals surface area contributed by atoms with E-state index in [9.17, 15) is 9.59 Å². The van der Waals surface area contributed by atoms with Crippen LogP contribution in [0.15, 0.2) is 16.8 Å². The molecule has 0 aliphatic heterocycles. The molecule has 3 nitrogen and oxygen atoms in total. The molecule has 1 aromatic rings. The van der Waals surface area contributed by atoms with E-state index < -0.39 is 0 Å². The maximum atomic E-state index is 11.9. The Balaban J connectivity index is 1.99. The van der Waals surface area contributed by atoms with Gasteiger partial charge in [0.2, 0.25) is 5.91 Å². The lowest BCUT2D eigenvalue weighted by molar-refractivity contribution is -0.135. The number of nitrogens with zero attached hydrogens (tertiary/aromatic N) is 1. The molecule has 0 N–H and O–H groups in total. The topological polar surface area (TPSA) is 37.4 Å². The predicted molar refractivity (Wildman–Crippen MR) is 63.2 cm³/mol. The molecule has 0 saturated heterocycles. The highest BCUT2D eigenvalue weighted by Gasteiger charge is 2.32. The Morgan fingerprint density at radius 1 is 1.50 bits per heavy atom. The Hall–Kier alpha value is -1.16. The molecule has 4 heteroatoms. The van der Waals surface area contributed by atoms with Gasteiger partial charge in [0.25, 0.3) is 0 Å². The van der Waals surface area contributed by atoms with Crippen molar-refractivity contribution in [3.05, 3.63) is 22.4 Å². The van der Waals surface area contributed by atoms with Gasteiger partial charge in [-0.3, -0.25) is 9.59 Å². The van der Waals surface area contributed by atoms with E-state index in [0.717, 1.165) is 18.4 Å². The van der Waals surface area contributed by atoms with E-state index in [0.29, 0.717) is 12.6 Å². The zero-order valence-corrected chi connectivity index (χ0v) is 10.1. The van der Waals surface area contributed by atoms with E-state index in [1.165, 1.54) is 6.92 Å². The zero-order chi connectivity index (χ0) is 11.5. The van der Waals surface area contributed by atoms with Crippen molar-refractivity contribution >= 4 is 23.0 Å². The highest BCUT2D eigenvalue weighted by atomic mass is 32.1. The maximum absolute atomic E-state index is 11.9. The lowest BCUT2D eigenvalue weighted by Gasteiger charge is -2.21. The molecular formula is C12H15NO2S. The summed E-state index contributed by atoms with van der Waals surface area (Å²) in [5, 5.41) is 4.06. The number of ketones is 1. The Kier molecular flexibility index (Phi) is 3.39. The summed E-state index contributed by atoms with van der Waals surface area (Å²) in [4.78, 5) is 24.7. The number of Topliss-reactive ketones (excluding diaryl/α,β-unsaturated/α-hetero) is 1. The molecule has 86 valence electrons. The first kappa shape index (κ1) is 11.3. The fourth-order valence-corrected chi connectivity index (χ4v) is 2.36. The molecular weight excluding hydrogens is 222 g/mol. The molecule has 2 rings (SSSR count). The van der Waals surface area contributed by atoms with Crippen LogP contribution in [-0.4, -0.2) is 22.6 Å². The average Bonchev–Trinajstić information content (AvgIpc) is 2.91. The summed E-state index contributed by atoms with van der Waals surface area (Å²) in [6.45, 7) is 2.12. The van der Waals surface area contributed by atoms with Crippen molar-refractivity contribution < 1.29 is 9.59 Å². The molecule has 0 atom stereocenters. The van der Waals surface area contributed by atoms with Gasteiger partial charge in [-0.15, -0.1) is 0 Å². The van der Waals surface area contributed by atoms with Crippen LogP contribution in [0.3, 0.4) is 0 Å². The van der Waals surface area contributed by atoms with Crippen molar-refractivity contribution in [1.29, 1.82) is 0 Å². The maximum Gasteiger partial charge on any atom is 0.230 e. The number of amides is 1. The molecule has 1 saturated carbocycles. The summed E-state index contributed by atoms with van der Waals surface area (Å²) >= 11 is 1.63. The highest BCUT2D eigenvalue weighted by molar-refractivity contribution is 7.07. The number of carbonyl (C=O) groups is 2. The van der Waals surface area contributed by atoms with E-state index in [1.54, 1.807) is 11.3 Å². The van der Waals surface area contributed by atoms with Gasteiger partial charge in [0.15, 0.2) is 0 Å². The molecule has 1 amide bonds. The lowest BCUT2D eigenvalue weighted by Crippen LogP contribution is -2.33. The molecule has 0 aromatic carbocycles. The third kappa shape index (κ3) is 2.92. The van der Waals surface area contributed by atoms with Crippen LogP contribution in [0, 0.1) is 0 Å². The fraction of sp³-hybridized carbons (Fsp3) is 0.500. The molecule has 0 unspecified atom stereocenters. The first-order valence-electron chi connectivity index (χ1n) is 5.47. The first-order valence-corrected chi connectivity index (χ1v) is 6.41. The minimum atomic E-state index is -0.0547. The predicted octanol–water partition coefficient (Wildman–Crippen LogP) is 2.22. The summed E-state index contributed by atoms with van der Waals surface area (Å²) in [5.74, 6) is -0.0813. The van der Waals surface area contributed by atoms with E-state index in [2.05, 4.69) is 5.38 Å². The van der Waals surface area contributed by atoms with Crippen LogP contribution < -0.4 is 0 Å². The minimum absolute atomic E-state index is 0.0267. The Bertz CT molecular complexity index is 382. The summed E-state index contributed by atoms with van der Waals surface area (Å²) < 4.78 is 0. The van der Waals surface area contributed by atoms with Crippen LogP contribution in [0.2, 0.25) is 0 Å². The normalized spacial score (nSPS) is 14.8. The van der Waals surface area contributed by atoms with Gasteiger partial charge in [0.05, 0.1) is 6.42 Å². The quantitative estimate of drug-likeness (QED) is 0.736. The third-order valence-electron chi connectivity index (χ3n) is 2.64. The van der Waals surface area contributed by atoms with Gasteiger partial charge >= 0.3 is 0 Å².